The molecule has 3 aromatic rings. The predicted molar refractivity (Wildman–Crippen MR) is 145 cm³/mol. The minimum atomic E-state index is -1.37. The molecule has 0 aliphatic carbocycles. The number of amides is 1. The number of nitrogens with zero attached hydrogens (tertiary/aromatic N) is 3. The lowest BCUT2D eigenvalue weighted by atomic mass is 10.1. The highest BCUT2D eigenvalue weighted by atomic mass is 32.1. The summed E-state index contributed by atoms with van der Waals surface area (Å²) in [4.78, 5) is 68.8. The maximum absolute atomic E-state index is 13.4. The second kappa shape index (κ2) is 12.9. The minimum Gasteiger partial charge on any atom is -0.497 e. The van der Waals surface area contributed by atoms with Crippen molar-refractivity contribution in [2.45, 2.75) is 58.8 Å². The summed E-state index contributed by atoms with van der Waals surface area (Å²) in [5.41, 5.74) is 0.757. The molecule has 1 N–H and O–H groups in total. The molecule has 2 aromatic heterocycles. The van der Waals surface area contributed by atoms with Crippen LogP contribution in [0.1, 0.15) is 39.5 Å². The molecule has 16 heteroatoms. The highest BCUT2D eigenvalue weighted by Crippen LogP contribution is 2.37. The van der Waals surface area contributed by atoms with Gasteiger partial charge in [-0.05, 0) is 17.7 Å². The lowest BCUT2D eigenvalue weighted by Gasteiger charge is -2.23. The number of esters is 3. The van der Waals surface area contributed by atoms with E-state index < -0.39 is 53.2 Å². The van der Waals surface area contributed by atoms with E-state index in [0.717, 1.165) is 35.3 Å². The second-order valence-corrected chi connectivity index (χ2v) is 10.0. The fourth-order valence-electron chi connectivity index (χ4n) is 4.20. The first-order valence-corrected chi connectivity index (χ1v) is 13.4. The summed E-state index contributed by atoms with van der Waals surface area (Å²) in [6.45, 7) is 4.41. The number of aromatic nitrogens is 3. The number of carbonyl (C=O) groups is 4. The molecule has 0 saturated carbocycles. The van der Waals surface area contributed by atoms with Gasteiger partial charge in [0.15, 0.2) is 24.1 Å². The normalized spacial score (nSPS) is 19.6. The van der Waals surface area contributed by atoms with Crippen LogP contribution in [0.25, 0.3) is 10.3 Å². The average Bonchev–Trinajstić information content (AvgIpc) is 3.41. The van der Waals surface area contributed by atoms with Gasteiger partial charge < -0.3 is 28.4 Å². The third-order valence-electron chi connectivity index (χ3n) is 5.85. The molecule has 1 saturated heterocycles. The van der Waals surface area contributed by atoms with Crippen molar-refractivity contribution in [3.63, 3.8) is 0 Å². The van der Waals surface area contributed by atoms with E-state index >= 15 is 0 Å². The molecule has 15 nitrogen and oxygen atoms in total. The summed E-state index contributed by atoms with van der Waals surface area (Å²) in [6.07, 6.45) is -5.03. The van der Waals surface area contributed by atoms with E-state index in [-0.39, 0.29) is 35.4 Å². The fourth-order valence-corrected chi connectivity index (χ4v) is 5.09. The van der Waals surface area contributed by atoms with Gasteiger partial charge in [-0.1, -0.05) is 23.5 Å². The van der Waals surface area contributed by atoms with Crippen LogP contribution in [-0.2, 0) is 44.7 Å². The van der Waals surface area contributed by atoms with Gasteiger partial charge in [0.25, 0.3) is 0 Å². The number of fused-ring (bicyclic) bond motifs is 1. The highest BCUT2D eigenvalue weighted by molar-refractivity contribution is 7.16. The van der Waals surface area contributed by atoms with E-state index in [4.69, 9.17) is 28.4 Å². The second-order valence-electron chi connectivity index (χ2n) is 9.08. The number of thiazole rings is 1. The Morgan fingerprint density at radius 2 is 1.64 bits per heavy atom. The first-order valence-electron chi connectivity index (χ1n) is 12.6. The monoisotopic (exact) mass is 604 g/mol. The van der Waals surface area contributed by atoms with Gasteiger partial charge in [-0.25, -0.2) is 0 Å². The number of methoxy groups -OCH3 is 1. The van der Waals surface area contributed by atoms with Crippen LogP contribution in [0.2, 0.25) is 0 Å². The molecule has 0 spiro atoms. The summed E-state index contributed by atoms with van der Waals surface area (Å²) in [5.74, 6) is -2.09. The summed E-state index contributed by atoms with van der Waals surface area (Å²) in [5, 5.41) is 2.48. The van der Waals surface area contributed by atoms with Crippen molar-refractivity contribution < 1.29 is 47.6 Å². The van der Waals surface area contributed by atoms with Crippen molar-refractivity contribution >= 4 is 51.4 Å². The van der Waals surface area contributed by atoms with Gasteiger partial charge >= 0.3 is 22.8 Å². The van der Waals surface area contributed by atoms with E-state index in [9.17, 15) is 24.0 Å². The molecule has 1 aliphatic heterocycles. The number of rotatable bonds is 10. The molecule has 224 valence electrons. The van der Waals surface area contributed by atoms with Gasteiger partial charge in [0.05, 0.1) is 7.11 Å². The van der Waals surface area contributed by atoms with Crippen LogP contribution in [0.4, 0.5) is 5.95 Å². The van der Waals surface area contributed by atoms with Gasteiger partial charge in [0, 0.05) is 27.7 Å². The van der Waals surface area contributed by atoms with Crippen LogP contribution < -0.4 is 19.7 Å². The number of hydrogen-bond donors (Lipinski definition) is 1. The molecule has 1 aromatic carbocycles. The average molecular weight is 605 g/mol. The first-order chi connectivity index (χ1) is 20.0. The summed E-state index contributed by atoms with van der Waals surface area (Å²) in [7, 11) is 1.55. The molecule has 1 fully saturated rings. The fraction of sp³-hybridized carbons (Fsp3) is 0.423. The smallest absolute Gasteiger partial charge is 0.311 e. The molecule has 3 heterocycles. The van der Waals surface area contributed by atoms with Gasteiger partial charge in [0.1, 0.15) is 29.8 Å². The van der Waals surface area contributed by atoms with Crippen LogP contribution in [0.3, 0.4) is 0 Å². The van der Waals surface area contributed by atoms with Crippen molar-refractivity contribution in [3.05, 3.63) is 39.5 Å². The standard InChI is InChI=1S/C26H28N4O11S/c1-12(31)27-25-28-22-21(23(29-25)38-10-16-6-8-17(36-5)9-7-16)42-26(35)30(22)24-20(40-15(4)34)19(39-14(3)33)18(41-24)11-37-13(2)32/h6-9,18-20,24H,10-11H2,1-5H3,(H,27,28,29,31)/t18-,19-,20-,24-/m1/s1. The Morgan fingerprint density at radius 1 is 0.976 bits per heavy atom. The molecule has 0 unspecified atom stereocenters. The van der Waals surface area contributed by atoms with Crippen molar-refractivity contribution in [3.8, 4) is 11.6 Å². The Hall–Kier alpha value is -4.57. The quantitative estimate of drug-likeness (QED) is 0.261. The van der Waals surface area contributed by atoms with Crippen LogP contribution >= 0.6 is 11.3 Å². The molecule has 0 bridgehead atoms. The third-order valence-corrected chi connectivity index (χ3v) is 6.78. The molecule has 42 heavy (non-hydrogen) atoms. The van der Waals surface area contributed by atoms with Crippen LogP contribution in [0.15, 0.2) is 29.1 Å². The van der Waals surface area contributed by atoms with E-state index in [1.807, 2.05) is 0 Å². The maximum Gasteiger partial charge on any atom is 0.311 e. The summed E-state index contributed by atoms with van der Waals surface area (Å²) >= 11 is 0.728. The maximum atomic E-state index is 13.4. The lowest BCUT2D eigenvalue weighted by Crippen LogP contribution is -2.41. The van der Waals surface area contributed by atoms with Gasteiger partial charge in [-0.15, -0.1) is 0 Å². The minimum absolute atomic E-state index is 0.00421. The lowest BCUT2D eigenvalue weighted by molar-refractivity contribution is -0.166. The summed E-state index contributed by atoms with van der Waals surface area (Å²) in [6, 6.07) is 7.08. The van der Waals surface area contributed by atoms with Crippen LogP contribution in [-0.4, -0.2) is 70.4 Å². The first kappa shape index (κ1) is 30.4. The van der Waals surface area contributed by atoms with Gasteiger partial charge in [0.2, 0.25) is 17.7 Å². The highest BCUT2D eigenvalue weighted by Gasteiger charge is 2.51. The van der Waals surface area contributed by atoms with Gasteiger partial charge in [-0.2, -0.15) is 9.97 Å². The Kier molecular flexibility index (Phi) is 9.37. The largest absolute Gasteiger partial charge is 0.497 e. The number of hydrogen-bond acceptors (Lipinski definition) is 14. The zero-order chi connectivity index (χ0) is 30.6. The van der Waals surface area contributed by atoms with E-state index in [1.165, 1.54) is 13.8 Å². The van der Waals surface area contributed by atoms with Crippen molar-refractivity contribution in [2.24, 2.45) is 0 Å². The SMILES string of the molecule is COc1ccc(COc2nc(NC(C)=O)nc3c2sc(=O)n3[C@@H]2O[C@H](COC(C)=O)[C@@H](OC(C)=O)[C@H]2OC(C)=O)cc1. The van der Waals surface area contributed by atoms with Crippen molar-refractivity contribution in [2.75, 3.05) is 19.0 Å². The Morgan fingerprint density at radius 3 is 2.24 bits per heavy atom. The molecule has 0 radical (unpaired) electrons. The molecular formula is C26H28N4O11S. The zero-order valence-electron chi connectivity index (χ0n) is 23.3. The van der Waals surface area contributed by atoms with Crippen molar-refractivity contribution in [1.29, 1.82) is 0 Å². The zero-order valence-corrected chi connectivity index (χ0v) is 24.1. The molecule has 1 amide bonds. The number of nitrogens with one attached hydrogen (secondary N) is 1. The number of anilines is 1. The van der Waals surface area contributed by atoms with Gasteiger partial charge in [-0.3, -0.25) is 33.9 Å². The summed E-state index contributed by atoms with van der Waals surface area (Å²) < 4.78 is 34.3. The Balaban J connectivity index is 1.79. The number of benzene rings is 1. The van der Waals surface area contributed by atoms with Crippen LogP contribution in [0.5, 0.6) is 11.6 Å². The number of ether oxygens (including phenoxy) is 6. The van der Waals surface area contributed by atoms with Crippen LogP contribution in [0, 0.1) is 0 Å². The Bertz CT molecular complexity index is 1550. The van der Waals surface area contributed by atoms with E-state index in [2.05, 4.69) is 15.3 Å². The van der Waals surface area contributed by atoms with E-state index in [1.54, 1.807) is 31.4 Å². The Labute approximate surface area is 242 Å². The topological polar surface area (TPSA) is 183 Å². The molecule has 4 rings (SSSR count). The van der Waals surface area contributed by atoms with Crippen molar-refractivity contribution in [1.82, 2.24) is 14.5 Å². The molecular weight excluding hydrogens is 576 g/mol. The molecule has 1 aliphatic rings. The predicted octanol–water partition coefficient (Wildman–Crippen LogP) is 1.72. The molecule has 4 atom stereocenters. The third kappa shape index (κ3) is 7.01. The number of carbonyl (C=O) groups excluding carboxylic acids is 4. The van der Waals surface area contributed by atoms with E-state index in [0.29, 0.717) is 5.75 Å².